The van der Waals surface area contributed by atoms with E-state index < -0.39 is 47.7 Å². The molecule has 0 fully saturated rings. The predicted octanol–water partition coefficient (Wildman–Crippen LogP) is 0.503. The third-order valence-corrected chi connectivity index (χ3v) is 6.34. The molecule has 0 aliphatic carbocycles. The van der Waals surface area contributed by atoms with Gasteiger partial charge in [-0.25, -0.2) is 9.59 Å². The van der Waals surface area contributed by atoms with Crippen molar-refractivity contribution in [2.75, 3.05) is 92.1 Å². The van der Waals surface area contributed by atoms with Crippen LogP contribution in [-0.4, -0.2) is 155 Å². The molecule has 52 heavy (non-hydrogen) atoms. The minimum atomic E-state index is -0.714. The van der Waals surface area contributed by atoms with Gasteiger partial charge in [0.25, 0.3) is 11.8 Å². The summed E-state index contributed by atoms with van der Waals surface area (Å²) in [5.74, 6) is -2.89. The van der Waals surface area contributed by atoms with Gasteiger partial charge in [-0.2, -0.15) is 0 Å². The molecule has 0 saturated heterocycles. The molecule has 0 radical (unpaired) electrons. The van der Waals surface area contributed by atoms with Crippen LogP contribution in [0.3, 0.4) is 0 Å². The first-order valence-electron chi connectivity index (χ1n) is 17.2. The summed E-state index contributed by atoms with van der Waals surface area (Å²) in [6.45, 7) is 11.5. The molecular weight excluding hydrogens is 688 g/mol. The van der Waals surface area contributed by atoms with Crippen LogP contribution in [0, 0.1) is 0 Å². The quantitative estimate of drug-likeness (QED) is 0.0534. The highest BCUT2D eigenvalue weighted by molar-refractivity contribution is 6.12. The van der Waals surface area contributed by atoms with Gasteiger partial charge in [-0.05, 0) is 54.4 Å². The van der Waals surface area contributed by atoms with Crippen molar-refractivity contribution in [2.24, 2.45) is 0 Å². The van der Waals surface area contributed by atoms with Gasteiger partial charge in [0.1, 0.15) is 37.6 Å². The van der Waals surface area contributed by atoms with Crippen LogP contribution in [0.25, 0.3) is 0 Å². The second-order valence-corrected chi connectivity index (χ2v) is 13.4. The Labute approximate surface area is 305 Å². The van der Waals surface area contributed by atoms with Crippen LogP contribution < -0.4 is 10.6 Å². The maximum atomic E-state index is 12.4. The minimum Gasteiger partial charge on any atom is -0.464 e. The van der Waals surface area contributed by atoms with E-state index in [2.05, 4.69) is 10.6 Å². The van der Waals surface area contributed by atoms with E-state index in [0.717, 1.165) is 4.90 Å². The third-order valence-electron chi connectivity index (χ3n) is 6.34. The Morgan fingerprint density at radius 1 is 0.654 bits per heavy atom. The molecule has 296 valence electrons. The lowest BCUT2D eigenvalue weighted by Crippen LogP contribution is -2.39. The average Bonchev–Trinajstić information content (AvgIpc) is 3.34. The first kappa shape index (κ1) is 45.9. The molecule has 0 saturated carbocycles. The van der Waals surface area contributed by atoms with Crippen molar-refractivity contribution in [1.82, 2.24) is 20.4 Å². The number of rotatable bonds is 26. The van der Waals surface area contributed by atoms with Crippen LogP contribution in [0.4, 0.5) is 4.79 Å². The van der Waals surface area contributed by atoms with Crippen LogP contribution in [0.15, 0.2) is 12.2 Å². The molecular formula is C34H56N4O14. The predicted molar refractivity (Wildman–Crippen MR) is 184 cm³/mol. The summed E-state index contributed by atoms with van der Waals surface area (Å²) in [6.07, 6.45) is 2.85. The zero-order chi connectivity index (χ0) is 39.0. The van der Waals surface area contributed by atoms with E-state index in [1.165, 1.54) is 12.2 Å². The molecule has 0 aromatic heterocycles. The van der Waals surface area contributed by atoms with Crippen LogP contribution in [-0.2, 0) is 61.9 Å². The van der Waals surface area contributed by atoms with Gasteiger partial charge in [0.15, 0.2) is 0 Å². The lowest BCUT2D eigenvalue weighted by molar-refractivity contribution is -0.156. The summed E-state index contributed by atoms with van der Waals surface area (Å²) in [4.78, 5) is 86.1. The van der Waals surface area contributed by atoms with E-state index in [1.807, 2.05) is 0 Å². The Balaban J connectivity index is 2.20. The average molecular weight is 745 g/mol. The molecule has 1 rings (SSSR count). The summed E-state index contributed by atoms with van der Waals surface area (Å²) in [5.41, 5.74) is -1.28. The molecule has 4 amide bonds. The lowest BCUT2D eigenvalue weighted by Gasteiger charge is -2.24. The number of imide groups is 1. The van der Waals surface area contributed by atoms with E-state index in [4.69, 9.17) is 33.2 Å². The fourth-order valence-corrected chi connectivity index (χ4v) is 4.11. The van der Waals surface area contributed by atoms with E-state index in [1.54, 1.807) is 46.4 Å². The number of carbonyl (C=O) groups excluding carboxylic acids is 7. The molecule has 2 N–H and O–H groups in total. The molecule has 0 aromatic rings. The lowest BCUT2D eigenvalue weighted by atomic mass is 10.2. The number of nitrogens with one attached hydrogen (secondary N) is 2. The highest BCUT2D eigenvalue weighted by Crippen LogP contribution is 2.09. The molecule has 1 heterocycles. The van der Waals surface area contributed by atoms with E-state index in [9.17, 15) is 33.6 Å². The van der Waals surface area contributed by atoms with Gasteiger partial charge in [0.05, 0.1) is 33.0 Å². The Hall–Kier alpha value is -4.13. The fourth-order valence-electron chi connectivity index (χ4n) is 4.11. The Morgan fingerprint density at radius 3 is 1.79 bits per heavy atom. The number of esters is 3. The SMILES string of the molecule is CC(C)(C)OC(=O)CN(CCOC(=O)CCCCN1C(=O)C=CC1=O)CCOC(=O)COCC(=O)NCCOCCOCCNC(=O)OC(C)(C)C. The number of nitrogens with zero attached hydrogens (tertiary/aromatic N) is 2. The maximum Gasteiger partial charge on any atom is 0.407 e. The molecule has 18 nitrogen and oxygen atoms in total. The van der Waals surface area contributed by atoms with Crippen LogP contribution in [0.5, 0.6) is 0 Å². The van der Waals surface area contributed by atoms with Crippen molar-refractivity contribution in [1.29, 1.82) is 0 Å². The largest absolute Gasteiger partial charge is 0.464 e. The number of alkyl carbamates (subject to hydrolysis) is 1. The van der Waals surface area contributed by atoms with Crippen molar-refractivity contribution < 1.29 is 66.7 Å². The topological polar surface area (TPSA) is 215 Å². The first-order valence-corrected chi connectivity index (χ1v) is 17.2. The van der Waals surface area contributed by atoms with Crippen molar-refractivity contribution in [2.45, 2.75) is 72.0 Å². The molecule has 1 aliphatic heterocycles. The van der Waals surface area contributed by atoms with Gasteiger partial charge in [0, 0.05) is 51.3 Å². The summed E-state index contributed by atoms with van der Waals surface area (Å²) in [6, 6.07) is 0. The van der Waals surface area contributed by atoms with Crippen molar-refractivity contribution in [3.63, 3.8) is 0 Å². The molecule has 0 aromatic carbocycles. The molecule has 0 bridgehead atoms. The number of unbranched alkanes of at least 4 members (excludes halogenated alkanes) is 1. The van der Waals surface area contributed by atoms with Gasteiger partial charge in [-0.1, -0.05) is 0 Å². The molecule has 0 spiro atoms. The Kier molecular flexibility index (Phi) is 22.0. The maximum absolute atomic E-state index is 12.4. The minimum absolute atomic E-state index is 0.0330. The molecule has 0 unspecified atom stereocenters. The second-order valence-electron chi connectivity index (χ2n) is 13.4. The van der Waals surface area contributed by atoms with Crippen molar-refractivity contribution >= 4 is 41.7 Å². The normalized spacial score (nSPS) is 12.9. The number of carbonyl (C=O) groups is 7. The van der Waals surface area contributed by atoms with Gasteiger partial charge in [-0.15, -0.1) is 0 Å². The number of amides is 4. The van der Waals surface area contributed by atoms with Gasteiger partial charge >= 0.3 is 24.0 Å². The fraction of sp³-hybridized carbons (Fsp3) is 0.735. The summed E-state index contributed by atoms with van der Waals surface area (Å²) >= 11 is 0. The monoisotopic (exact) mass is 744 g/mol. The van der Waals surface area contributed by atoms with Crippen molar-refractivity contribution in [3.05, 3.63) is 12.2 Å². The van der Waals surface area contributed by atoms with Crippen LogP contribution in [0.2, 0.25) is 0 Å². The van der Waals surface area contributed by atoms with Gasteiger partial charge < -0.3 is 43.8 Å². The zero-order valence-electron chi connectivity index (χ0n) is 31.3. The Morgan fingerprint density at radius 2 is 1.21 bits per heavy atom. The van der Waals surface area contributed by atoms with Crippen LogP contribution >= 0.6 is 0 Å². The van der Waals surface area contributed by atoms with E-state index in [-0.39, 0.29) is 90.6 Å². The zero-order valence-corrected chi connectivity index (χ0v) is 31.3. The van der Waals surface area contributed by atoms with Crippen molar-refractivity contribution in [3.8, 4) is 0 Å². The second kappa shape index (κ2) is 24.9. The molecule has 1 aliphatic rings. The number of hydrogen-bond acceptors (Lipinski definition) is 15. The smallest absolute Gasteiger partial charge is 0.407 e. The summed E-state index contributed by atoms with van der Waals surface area (Å²) in [5, 5.41) is 5.16. The molecule has 0 atom stereocenters. The summed E-state index contributed by atoms with van der Waals surface area (Å²) < 4.78 is 36.7. The molecule has 18 heteroatoms. The Bertz CT molecular complexity index is 1180. The highest BCUT2D eigenvalue weighted by atomic mass is 16.6. The van der Waals surface area contributed by atoms with E-state index in [0.29, 0.717) is 26.0 Å². The highest BCUT2D eigenvalue weighted by Gasteiger charge is 2.23. The van der Waals surface area contributed by atoms with E-state index >= 15 is 0 Å². The number of hydrogen-bond donors (Lipinski definition) is 2. The standard InChI is InChI=1S/C34H56N4O14/c1-33(2,3)51-30(43)23-37(15-19-49-29(42)9-7-8-14-38-27(40)10-11-28(38)41)16-20-50-31(44)25-48-24-26(39)35-12-17-46-21-22-47-18-13-36-32(45)52-34(4,5)6/h10-11H,7-9,12-25H2,1-6H3,(H,35,39)(H,36,45). The summed E-state index contributed by atoms with van der Waals surface area (Å²) in [7, 11) is 0. The van der Waals surface area contributed by atoms with Gasteiger partial charge in [0.2, 0.25) is 5.91 Å². The third kappa shape index (κ3) is 24.9. The first-order chi connectivity index (χ1) is 24.4. The van der Waals surface area contributed by atoms with Crippen LogP contribution in [0.1, 0.15) is 60.8 Å². The van der Waals surface area contributed by atoms with Gasteiger partial charge in [-0.3, -0.25) is 33.8 Å². The number of ether oxygens (including phenoxy) is 7.